The zero-order chi connectivity index (χ0) is 15.8. The van der Waals surface area contributed by atoms with Crippen LogP contribution in [-0.2, 0) is 4.79 Å². The van der Waals surface area contributed by atoms with Crippen LogP contribution in [-0.4, -0.2) is 41.5 Å². The van der Waals surface area contributed by atoms with Crippen LogP contribution in [0, 0.1) is 5.92 Å². The molecule has 0 aliphatic rings. The van der Waals surface area contributed by atoms with Gasteiger partial charge in [-0.25, -0.2) is 0 Å². The number of rotatable bonds is 7. The summed E-state index contributed by atoms with van der Waals surface area (Å²) in [4.78, 5) is 23.5. The first-order chi connectivity index (χ1) is 9.90. The van der Waals surface area contributed by atoms with Gasteiger partial charge in [-0.15, -0.1) is 0 Å². The molecule has 114 valence electrons. The number of nitrogens with one attached hydrogen (secondary N) is 2. The SMILES string of the molecule is CC(C)C[C@H](NC(=O)CNC(=O)c1ccccc1)B(O)O. The quantitative estimate of drug-likeness (QED) is 0.530. The van der Waals surface area contributed by atoms with Gasteiger partial charge in [0.25, 0.3) is 5.91 Å². The highest BCUT2D eigenvalue weighted by atomic mass is 16.4. The average Bonchev–Trinajstić information content (AvgIpc) is 2.44. The summed E-state index contributed by atoms with van der Waals surface area (Å²) in [5.74, 6) is -1.35. The maximum Gasteiger partial charge on any atom is 0.475 e. The summed E-state index contributed by atoms with van der Waals surface area (Å²) in [6, 6.07) is 8.55. The van der Waals surface area contributed by atoms with Crippen molar-refractivity contribution in [2.24, 2.45) is 5.92 Å². The Labute approximate surface area is 124 Å². The van der Waals surface area contributed by atoms with E-state index in [9.17, 15) is 19.6 Å². The molecule has 0 aliphatic carbocycles. The first-order valence-corrected chi connectivity index (χ1v) is 6.89. The fourth-order valence-electron chi connectivity index (χ4n) is 1.87. The minimum absolute atomic E-state index is 0.205. The number of carbonyl (C=O) groups is 2. The Morgan fingerprint density at radius 2 is 1.81 bits per heavy atom. The molecule has 0 radical (unpaired) electrons. The smallest absolute Gasteiger partial charge is 0.426 e. The van der Waals surface area contributed by atoms with Crippen LogP contribution in [0.3, 0.4) is 0 Å². The van der Waals surface area contributed by atoms with Gasteiger partial charge in [0.15, 0.2) is 0 Å². The van der Waals surface area contributed by atoms with Crippen molar-refractivity contribution >= 4 is 18.9 Å². The van der Waals surface area contributed by atoms with Gasteiger partial charge in [-0.3, -0.25) is 9.59 Å². The molecule has 6 nitrogen and oxygen atoms in total. The summed E-state index contributed by atoms with van der Waals surface area (Å²) in [5, 5.41) is 23.4. The summed E-state index contributed by atoms with van der Waals surface area (Å²) >= 11 is 0. The van der Waals surface area contributed by atoms with E-state index in [0.29, 0.717) is 12.0 Å². The molecule has 0 saturated carbocycles. The van der Waals surface area contributed by atoms with E-state index in [1.54, 1.807) is 30.3 Å². The van der Waals surface area contributed by atoms with E-state index in [-0.39, 0.29) is 18.4 Å². The molecule has 0 fully saturated rings. The van der Waals surface area contributed by atoms with Crippen LogP contribution < -0.4 is 10.6 Å². The van der Waals surface area contributed by atoms with E-state index in [4.69, 9.17) is 0 Å². The number of hydrogen-bond acceptors (Lipinski definition) is 4. The standard InChI is InChI=1S/C14H21BN2O4/c1-10(2)8-12(15(20)21)17-13(18)9-16-14(19)11-6-4-3-5-7-11/h3-7,10,12,20-21H,8-9H2,1-2H3,(H,16,19)(H,17,18)/t12-/m0/s1. The highest BCUT2D eigenvalue weighted by Crippen LogP contribution is 2.05. The topological polar surface area (TPSA) is 98.7 Å². The zero-order valence-corrected chi connectivity index (χ0v) is 12.2. The second kappa shape index (κ2) is 8.44. The van der Waals surface area contributed by atoms with Crippen LogP contribution in [0.1, 0.15) is 30.6 Å². The van der Waals surface area contributed by atoms with E-state index in [1.807, 2.05) is 13.8 Å². The van der Waals surface area contributed by atoms with Gasteiger partial charge >= 0.3 is 7.12 Å². The third-order valence-electron chi connectivity index (χ3n) is 2.88. The van der Waals surface area contributed by atoms with Gasteiger partial charge in [0.1, 0.15) is 0 Å². The van der Waals surface area contributed by atoms with Crippen molar-refractivity contribution in [1.82, 2.24) is 10.6 Å². The monoisotopic (exact) mass is 292 g/mol. The third kappa shape index (κ3) is 6.42. The Hall–Kier alpha value is -1.86. The molecule has 1 aromatic carbocycles. The molecule has 0 aliphatic heterocycles. The molecule has 0 aromatic heterocycles. The third-order valence-corrected chi connectivity index (χ3v) is 2.88. The molecular formula is C14H21BN2O4. The molecule has 2 amide bonds. The minimum atomic E-state index is -1.62. The predicted octanol–water partition coefficient (Wildman–Crippen LogP) is -0.0407. The highest BCUT2D eigenvalue weighted by Gasteiger charge is 2.26. The number of carbonyl (C=O) groups excluding carboxylic acids is 2. The normalized spacial score (nSPS) is 11.9. The predicted molar refractivity (Wildman–Crippen MR) is 80.4 cm³/mol. The largest absolute Gasteiger partial charge is 0.475 e. The van der Waals surface area contributed by atoms with Crippen molar-refractivity contribution in [2.75, 3.05) is 6.54 Å². The van der Waals surface area contributed by atoms with E-state index in [0.717, 1.165) is 0 Å². The molecular weight excluding hydrogens is 271 g/mol. The first kappa shape index (κ1) is 17.2. The van der Waals surface area contributed by atoms with Crippen LogP contribution in [0.2, 0.25) is 0 Å². The van der Waals surface area contributed by atoms with Gasteiger partial charge in [-0.05, 0) is 24.5 Å². The van der Waals surface area contributed by atoms with Crippen molar-refractivity contribution in [3.8, 4) is 0 Å². The Kier molecular flexibility index (Phi) is 6.91. The fourth-order valence-corrected chi connectivity index (χ4v) is 1.87. The average molecular weight is 292 g/mol. The Morgan fingerprint density at radius 1 is 1.19 bits per heavy atom. The summed E-state index contributed by atoms with van der Waals surface area (Å²) < 4.78 is 0. The van der Waals surface area contributed by atoms with Gasteiger partial charge in [0.2, 0.25) is 5.91 Å². The summed E-state index contributed by atoms with van der Waals surface area (Å²) in [5.41, 5.74) is 0.464. The van der Waals surface area contributed by atoms with Gasteiger partial charge < -0.3 is 20.7 Å². The molecule has 0 saturated heterocycles. The molecule has 21 heavy (non-hydrogen) atoms. The Morgan fingerprint density at radius 3 is 2.33 bits per heavy atom. The summed E-state index contributed by atoms with van der Waals surface area (Å²) in [7, 11) is -1.62. The minimum Gasteiger partial charge on any atom is -0.426 e. The number of amides is 2. The van der Waals surface area contributed by atoms with Crippen molar-refractivity contribution < 1.29 is 19.6 Å². The molecule has 4 N–H and O–H groups in total. The van der Waals surface area contributed by atoms with Crippen LogP contribution in [0.25, 0.3) is 0 Å². The molecule has 0 unspecified atom stereocenters. The van der Waals surface area contributed by atoms with Crippen molar-refractivity contribution in [1.29, 1.82) is 0 Å². The zero-order valence-electron chi connectivity index (χ0n) is 12.2. The van der Waals surface area contributed by atoms with E-state index in [1.165, 1.54) is 0 Å². The fraction of sp³-hybridized carbons (Fsp3) is 0.429. The van der Waals surface area contributed by atoms with Crippen LogP contribution in [0.5, 0.6) is 0 Å². The second-order valence-corrected chi connectivity index (χ2v) is 5.27. The number of hydrogen-bond donors (Lipinski definition) is 4. The Bertz CT molecular complexity index is 465. The molecule has 0 spiro atoms. The lowest BCUT2D eigenvalue weighted by Crippen LogP contribution is -2.50. The molecule has 1 atom stereocenters. The molecule has 0 bridgehead atoms. The lowest BCUT2D eigenvalue weighted by atomic mass is 9.75. The van der Waals surface area contributed by atoms with Crippen molar-refractivity contribution in [3.63, 3.8) is 0 Å². The molecule has 7 heteroatoms. The maximum absolute atomic E-state index is 11.8. The first-order valence-electron chi connectivity index (χ1n) is 6.89. The van der Waals surface area contributed by atoms with Crippen LogP contribution >= 0.6 is 0 Å². The van der Waals surface area contributed by atoms with Crippen molar-refractivity contribution in [3.05, 3.63) is 35.9 Å². The van der Waals surface area contributed by atoms with E-state index >= 15 is 0 Å². The summed E-state index contributed by atoms with van der Waals surface area (Å²) in [6.45, 7) is 3.62. The van der Waals surface area contributed by atoms with E-state index in [2.05, 4.69) is 10.6 Å². The van der Waals surface area contributed by atoms with Gasteiger partial charge in [-0.2, -0.15) is 0 Å². The van der Waals surface area contributed by atoms with Crippen LogP contribution in [0.4, 0.5) is 0 Å². The van der Waals surface area contributed by atoms with Gasteiger partial charge in [0.05, 0.1) is 12.5 Å². The summed E-state index contributed by atoms with van der Waals surface area (Å²) in [6.07, 6.45) is 0.441. The number of benzene rings is 1. The molecule has 0 heterocycles. The van der Waals surface area contributed by atoms with Gasteiger partial charge in [0, 0.05) is 5.56 Å². The second-order valence-electron chi connectivity index (χ2n) is 5.27. The van der Waals surface area contributed by atoms with Crippen LogP contribution in [0.15, 0.2) is 30.3 Å². The molecule has 1 aromatic rings. The Balaban J connectivity index is 2.44. The maximum atomic E-state index is 11.8. The molecule has 1 rings (SSSR count). The van der Waals surface area contributed by atoms with E-state index < -0.39 is 19.0 Å². The lowest BCUT2D eigenvalue weighted by Gasteiger charge is -2.19. The van der Waals surface area contributed by atoms with Gasteiger partial charge in [-0.1, -0.05) is 32.0 Å². The lowest BCUT2D eigenvalue weighted by molar-refractivity contribution is -0.120. The van der Waals surface area contributed by atoms with Crippen molar-refractivity contribution in [2.45, 2.75) is 26.2 Å². The highest BCUT2D eigenvalue weighted by molar-refractivity contribution is 6.43.